The van der Waals surface area contributed by atoms with Gasteiger partial charge in [-0.3, -0.25) is 4.79 Å². The number of aliphatic imine (C=N–C) groups is 1. The van der Waals surface area contributed by atoms with Gasteiger partial charge in [0.05, 0.1) is 5.69 Å². The normalized spacial score (nSPS) is 9.95. The lowest BCUT2D eigenvalue weighted by Crippen LogP contribution is -2.21. The van der Waals surface area contributed by atoms with Crippen molar-refractivity contribution in [3.63, 3.8) is 0 Å². The van der Waals surface area contributed by atoms with E-state index in [9.17, 15) is 4.79 Å². The third-order valence-corrected chi connectivity index (χ3v) is 2.86. The van der Waals surface area contributed by atoms with Gasteiger partial charge in [-0.05, 0) is 24.3 Å². The molecule has 2 aromatic rings. The molecule has 98 valence electrons. The average Bonchev–Trinajstić information content (AvgIpc) is 2.76. The lowest BCUT2D eigenvalue weighted by atomic mass is 10.2. The van der Waals surface area contributed by atoms with Crippen molar-refractivity contribution in [1.82, 2.24) is 4.98 Å². The molecular formula is C12H12N4O2S. The van der Waals surface area contributed by atoms with Gasteiger partial charge in [0, 0.05) is 17.9 Å². The molecule has 2 rings (SSSR count). The molecule has 0 aliphatic heterocycles. The van der Waals surface area contributed by atoms with E-state index in [1.54, 1.807) is 12.1 Å². The number of hydrogen-bond donors (Lipinski definition) is 2. The van der Waals surface area contributed by atoms with Crippen LogP contribution >= 0.6 is 11.3 Å². The molecule has 0 fully saturated rings. The molecule has 1 heterocycles. The third kappa shape index (κ3) is 3.52. The van der Waals surface area contributed by atoms with Crippen LogP contribution in [0.4, 0.5) is 5.13 Å². The van der Waals surface area contributed by atoms with Gasteiger partial charge in [0.25, 0.3) is 0 Å². The van der Waals surface area contributed by atoms with Crippen molar-refractivity contribution in [1.29, 1.82) is 0 Å². The SMILES string of the molecule is CC(=O)Oc1ccc(-c2csc(N=C(N)N)n2)cc1. The third-order valence-electron chi connectivity index (χ3n) is 2.13. The zero-order valence-electron chi connectivity index (χ0n) is 10.2. The number of carbonyl (C=O) groups excluding carboxylic acids is 1. The Kier molecular flexibility index (Phi) is 3.76. The first kappa shape index (κ1) is 13.0. The van der Waals surface area contributed by atoms with Crippen LogP contribution in [0.3, 0.4) is 0 Å². The fraction of sp³-hybridized carbons (Fsp3) is 0.0833. The second-order valence-electron chi connectivity index (χ2n) is 3.67. The Morgan fingerprint density at radius 2 is 2.00 bits per heavy atom. The molecule has 0 spiro atoms. The van der Waals surface area contributed by atoms with Crippen molar-refractivity contribution in [3.05, 3.63) is 29.6 Å². The summed E-state index contributed by atoms with van der Waals surface area (Å²) in [5.41, 5.74) is 12.2. The second kappa shape index (κ2) is 5.49. The van der Waals surface area contributed by atoms with Crippen molar-refractivity contribution in [2.24, 2.45) is 16.5 Å². The van der Waals surface area contributed by atoms with Crippen molar-refractivity contribution < 1.29 is 9.53 Å². The van der Waals surface area contributed by atoms with Gasteiger partial charge in [0.1, 0.15) is 5.75 Å². The minimum absolute atomic E-state index is 0.0221. The Hall–Kier alpha value is -2.41. The van der Waals surface area contributed by atoms with Crippen LogP contribution in [0.5, 0.6) is 5.75 Å². The summed E-state index contributed by atoms with van der Waals surface area (Å²) in [7, 11) is 0. The Morgan fingerprint density at radius 3 is 2.58 bits per heavy atom. The molecule has 0 atom stereocenters. The minimum atomic E-state index is -0.351. The number of rotatable bonds is 3. The zero-order valence-corrected chi connectivity index (χ0v) is 11.0. The summed E-state index contributed by atoms with van der Waals surface area (Å²) < 4.78 is 4.95. The van der Waals surface area contributed by atoms with Gasteiger partial charge >= 0.3 is 5.97 Å². The van der Waals surface area contributed by atoms with Crippen molar-refractivity contribution in [3.8, 4) is 17.0 Å². The number of carbonyl (C=O) groups is 1. The minimum Gasteiger partial charge on any atom is -0.427 e. The largest absolute Gasteiger partial charge is 0.427 e. The standard InChI is InChI=1S/C12H12N4O2S/c1-7(17)18-9-4-2-8(3-5-9)10-6-19-12(15-10)16-11(13)14/h2-6H,1H3,(H4,13,14,15,16). The second-order valence-corrected chi connectivity index (χ2v) is 4.51. The van der Waals surface area contributed by atoms with E-state index < -0.39 is 0 Å². The number of aromatic nitrogens is 1. The summed E-state index contributed by atoms with van der Waals surface area (Å²) in [4.78, 5) is 19.0. The van der Waals surface area contributed by atoms with Gasteiger partial charge in [-0.2, -0.15) is 4.99 Å². The fourth-order valence-electron chi connectivity index (χ4n) is 1.42. The number of guanidine groups is 1. The highest BCUT2D eigenvalue weighted by molar-refractivity contribution is 7.13. The maximum Gasteiger partial charge on any atom is 0.308 e. The van der Waals surface area contributed by atoms with Crippen LogP contribution in [-0.2, 0) is 4.79 Å². The highest BCUT2D eigenvalue weighted by atomic mass is 32.1. The molecule has 6 nitrogen and oxygen atoms in total. The Bertz CT molecular complexity index is 615. The molecule has 0 unspecified atom stereocenters. The zero-order chi connectivity index (χ0) is 13.8. The van der Waals surface area contributed by atoms with Crippen LogP contribution in [0.1, 0.15) is 6.92 Å². The molecule has 19 heavy (non-hydrogen) atoms. The molecule has 4 N–H and O–H groups in total. The van der Waals surface area contributed by atoms with Crippen LogP contribution in [0.15, 0.2) is 34.6 Å². The molecule has 0 bridgehead atoms. The van der Waals surface area contributed by atoms with Crippen molar-refractivity contribution in [2.45, 2.75) is 6.92 Å². The molecule has 7 heteroatoms. The van der Waals surface area contributed by atoms with E-state index in [-0.39, 0.29) is 11.9 Å². The maximum absolute atomic E-state index is 10.8. The van der Waals surface area contributed by atoms with E-state index in [1.165, 1.54) is 18.3 Å². The van der Waals surface area contributed by atoms with E-state index >= 15 is 0 Å². The molecule has 0 aliphatic carbocycles. The summed E-state index contributed by atoms with van der Waals surface area (Å²) in [6.45, 7) is 1.36. The highest BCUT2D eigenvalue weighted by Crippen LogP contribution is 2.27. The van der Waals surface area contributed by atoms with Gasteiger partial charge < -0.3 is 16.2 Å². The first-order valence-electron chi connectivity index (χ1n) is 5.38. The molecule has 1 aromatic heterocycles. The van der Waals surface area contributed by atoms with E-state index in [0.717, 1.165) is 11.3 Å². The maximum atomic E-state index is 10.8. The lowest BCUT2D eigenvalue weighted by molar-refractivity contribution is -0.131. The number of ether oxygens (including phenoxy) is 1. The van der Waals surface area contributed by atoms with Crippen LogP contribution < -0.4 is 16.2 Å². The van der Waals surface area contributed by atoms with Crippen LogP contribution in [-0.4, -0.2) is 16.9 Å². The smallest absolute Gasteiger partial charge is 0.308 e. The number of esters is 1. The number of benzene rings is 1. The molecule has 0 saturated carbocycles. The molecule has 1 aromatic carbocycles. The fourth-order valence-corrected chi connectivity index (χ4v) is 2.13. The van der Waals surface area contributed by atoms with E-state index in [2.05, 4.69) is 9.98 Å². The Morgan fingerprint density at radius 1 is 1.32 bits per heavy atom. The first-order chi connectivity index (χ1) is 9.04. The van der Waals surface area contributed by atoms with E-state index in [1.807, 2.05) is 17.5 Å². The molecule has 0 radical (unpaired) electrons. The monoisotopic (exact) mass is 276 g/mol. The summed E-state index contributed by atoms with van der Waals surface area (Å²) in [5, 5.41) is 2.35. The van der Waals surface area contributed by atoms with Crippen molar-refractivity contribution >= 4 is 28.4 Å². The average molecular weight is 276 g/mol. The van der Waals surface area contributed by atoms with Gasteiger partial charge in [0.2, 0.25) is 5.13 Å². The van der Waals surface area contributed by atoms with Gasteiger partial charge in [-0.15, -0.1) is 11.3 Å². The predicted octanol–water partition coefficient (Wildman–Crippen LogP) is 1.64. The van der Waals surface area contributed by atoms with Crippen molar-refractivity contribution in [2.75, 3.05) is 0 Å². The lowest BCUT2D eigenvalue weighted by Gasteiger charge is -2.01. The van der Waals surface area contributed by atoms with Gasteiger partial charge in [-0.1, -0.05) is 0 Å². The van der Waals surface area contributed by atoms with Crippen LogP contribution in [0.25, 0.3) is 11.3 Å². The number of hydrogen-bond acceptors (Lipinski definition) is 5. The van der Waals surface area contributed by atoms with Gasteiger partial charge in [-0.25, -0.2) is 4.98 Å². The molecular weight excluding hydrogens is 264 g/mol. The summed E-state index contributed by atoms with van der Waals surface area (Å²) in [6.07, 6.45) is 0. The number of nitrogens with zero attached hydrogens (tertiary/aromatic N) is 2. The topological polar surface area (TPSA) is 104 Å². The molecule has 0 saturated heterocycles. The number of nitrogens with two attached hydrogens (primary N) is 2. The Labute approximate surface area is 113 Å². The predicted molar refractivity (Wildman–Crippen MR) is 74.3 cm³/mol. The molecule has 0 aliphatic rings. The number of thiazole rings is 1. The summed E-state index contributed by atoms with van der Waals surface area (Å²) in [6, 6.07) is 7.03. The van der Waals surface area contributed by atoms with Crippen LogP contribution in [0.2, 0.25) is 0 Å². The quantitative estimate of drug-likeness (QED) is 0.384. The van der Waals surface area contributed by atoms with Crippen LogP contribution in [0, 0.1) is 0 Å². The first-order valence-corrected chi connectivity index (χ1v) is 6.26. The Balaban J connectivity index is 2.20. The summed E-state index contributed by atoms with van der Waals surface area (Å²) >= 11 is 1.34. The van der Waals surface area contributed by atoms with E-state index in [0.29, 0.717) is 10.9 Å². The van der Waals surface area contributed by atoms with E-state index in [4.69, 9.17) is 16.2 Å². The summed E-state index contributed by atoms with van der Waals surface area (Å²) in [5.74, 6) is 0.124. The molecule has 0 amide bonds. The van der Waals surface area contributed by atoms with Gasteiger partial charge in [0.15, 0.2) is 5.96 Å². The highest BCUT2D eigenvalue weighted by Gasteiger charge is 2.05.